The minimum Gasteiger partial charge on any atom is -0.393 e. The first-order chi connectivity index (χ1) is 22.8. The number of aromatic nitrogens is 5. The molecule has 6 rings (SSSR count). The summed E-state index contributed by atoms with van der Waals surface area (Å²) < 4.78 is 16.3. The molecule has 1 aromatic carbocycles. The molecular weight excluding hydrogens is 599 g/mol. The van der Waals surface area contributed by atoms with E-state index in [0.717, 1.165) is 42.4 Å². The van der Waals surface area contributed by atoms with E-state index in [4.69, 9.17) is 4.98 Å². The number of carbonyl (C=O) groups is 1. The first-order valence-corrected chi connectivity index (χ1v) is 16.0. The Morgan fingerprint density at radius 2 is 1.83 bits per heavy atom. The first-order valence-electron chi connectivity index (χ1n) is 16.0. The number of alkyl halides is 1. The Morgan fingerprint density at radius 1 is 1.06 bits per heavy atom. The van der Waals surface area contributed by atoms with Crippen molar-refractivity contribution in [3.63, 3.8) is 0 Å². The fourth-order valence-electron chi connectivity index (χ4n) is 6.29. The molecule has 1 saturated heterocycles. The highest BCUT2D eigenvalue weighted by Gasteiger charge is 2.35. The van der Waals surface area contributed by atoms with Gasteiger partial charge < -0.3 is 20.6 Å². The molecule has 2 fully saturated rings. The second kappa shape index (κ2) is 14.1. The molecule has 1 aliphatic carbocycles. The predicted octanol–water partition coefficient (Wildman–Crippen LogP) is 4.58. The van der Waals surface area contributed by atoms with Crippen molar-refractivity contribution in [3.8, 4) is 17.2 Å². The summed E-state index contributed by atoms with van der Waals surface area (Å²) in [6.45, 7) is 0.603. The zero-order valence-electron chi connectivity index (χ0n) is 26.4. The number of benzene rings is 1. The fraction of sp³-hybridized carbons (Fsp3) is 0.412. The summed E-state index contributed by atoms with van der Waals surface area (Å²) in [6.07, 6.45) is 10.3. The molecule has 4 aromatic rings. The van der Waals surface area contributed by atoms with Crippen LogP contribution >= 0.6 is 0 Å². The number of amides is 2. The molecule has 244 valence electrons. The van der Waals surface area contributed by atoms with E-state index >= 15 is 0 Å². The van der Waals surface area contributed by atoms with Crippen molar-refractivity contribution >= 4 is 23.6 Å². The van der Waals surface area contributed by atoms with Crippen molar-refractivity contribution in [2.24, 2.45) is 7.05 Å². The van der Waals surface area contributed by atoms with Gasteiger partial charge in [-0.25, -0.2) is 19.2 Å². The molecule has 1 saturated carbocycles. The Bertz CT molecular complexity index is 1690. The van der Waals surface area contributed by atoms with Gasteiger partial charge in [-0.05, 0) is 43.4 Å². The van der Waals surface area contributed by atoms with E-state index < -0.39 is 12.3 Å². The van der Waals surface area contributed by atoms with E-state index in [-0.39, 0.29) is 31.0 Å². The number of hydrogen-bond donors (Lipinski definition) is 3. The number of urea groups is 1. The molecule has 0 radical (unpaired) electrons. The van der Waals surface area contributed by atoms with E-state index in [9.17, 15) is 19.6 Å². The number of anilines is 3. The van der Waals surface area contributed by atoms with Gasteiger partial charge in [-0.3, -0.25) is 9.58 Å². The minimum absolute atomic E-state index is 0.0661. The molecule has 2 aliphatic rings. The molecule has 3 N–H and O–H groups in total. The molecule has 0 unspecified atom stereocenters. The van der Waals surface area contributed by atoms with Crippen LogP contribution in [0.5, 0.6) is 0 Å². The molecule has 3 aromatic heterocycles. The Balaban J connectivity index is 1.14. The zero-order chi connectivity index (χ0) is 32.8. The number of aliphatic hydroxyl groups is 1. The number of nitrogens with one attached hydrogen (secondary N) is 2. The molecule has 2 amide bonds. The molecule has 12 nitrogen and oxygen atoms in total. The number of nitriles is 1. The highest BCUT2D eigenvalue weighted by atomic mass is 19.1. The monoisotopic (exact) mass is 638 g/mol. The lowest BCUT2D eigenvalue weighted by atomic mass is 9.90. The number of hydrogen-bond acceptors (Lipinski definition) is 9. The highest BCUT2D eigenvalue weighted by Crippen LogP contribution is 2.32. The lowest BCUT2D eigenvalue weighted by Crippen LogP contribution is -2.49. The van der Waals surface area contributed by atoms with E-state index in [1.165, 1.54) is 6.20 Å². The maximum absolute atomic E-state index is 14.6. The summed E-state index contributed by atoms with van der Waals surface area (Å²) in [5.41, 5.74) is 1.61. The van der Waals surface area contributed by atoms with Gasteiger partial charge in [0.05, 0.1) is 19.0 Å². The van der Waals surface area contributed by atoms with Crippen LogP contribution in [0.3, 0.4) is 0 Å². The predicted molar refractivity (Wildman–Crippen MR) is 176 cm³/mol. The van der Waals surface area contributed by atoms with Crippen molar-refractivity contribution in [2.75, 3.05) is 34.8 Å². The minimum atomic E-state index is -1.60. The van der Waals surface area contributed by atoms with Crippen molar-refractivity contribution in [1.29, 1.82) is 5.26 Å². The van der Waals surface area contributed by atoms with Gasteiger partial charge in [0.2, 0.25) is 5.95 Å². The standard InChI is InChI=1S/C34H39FN10O2/c1-43-22-27(21-40-43)25-7-12-30(37-19-25)45(33(47)39-18-24-5-3-2-4-6-24)29-10-8-28(9-11-29)41-32-38-20-26(17-36)31(42-32)44-15-13-34(35,23-46)14-16-44/h2-7,12,19-22,28-29,46H,8-11,13-16,18,23H2,1H3,(H,39,47)(H,38,41,42). The number of rotatable bonds is 9. The normalized spacial score (nSPS) is 19.1. The van der Waals surface area contributed by atoms with Gasteiger partial charge in [-0.1, -0.05) is 30.3 Å². The second-order valence-corrected chi connectivity index (χ2v) is 12.3. The lowest BCUT2D eigenvalue weighted by molar-refractivity contribution is 0.0480. The Labute approximate surface area is 273 Å². The van der Waals surface area contributed by atoms with Crippen LogP contribution in [0.25, 0.3) is 11.1 Å². The van der Waals surface area contributed by atoms with Crippen LogP contribution in [0.2, 0.25) is 0 Å². The largest absolute Gasteiger partial charge is 0.393 e. The van der Waals surface area contributed by atoms with E-state index in [0.29, 0.717) is 42.8 Å². The Morgan fingerprint density at radius 3 is 2.47 bits per heavy atom. The summed E-state index contributed by atoms with van der Waals surface area (Å²) in [5.74, 6) is 1.47. The molecule has 0 bridgehead atoms. The average Bonchev–Trinajstić information content (AvgIpc) is 3.55. The number of aliphatic hydroxyl groups excluding tert-OH is 1. The highest BCUT2D eigenvalue weighted by molar-refractivity contribution is 5.91. The second-order valence-electron chi connectivity index (χ2n) is 12.3. The third kappa shape index (κ3) is 7.49. The first kappa shape index (κ1) is 31.9. The van der Waals surface area contributed by atoms with Crippen molar-refractivity contribution in [2.45, 2.75) is 62.8 Å². The summed E-state index contributed by atoms with van der Waals surface area (Å²) in [6, 6.07) is 15.6. The van der Waals surface area contributed by atoms with Crippen molar-refractivity contribution in [1.82, 2.24) is 30.0 Å². The van der Waals surface area contributed by atoms with E-state index in [1.54, 1.807) is 22.0 Å². The van der Waals surface area contributed by atoms with Gasteiger partial charge in [0, 0.05) is 75.1 Å². The molecule has 13 heteroatoms. The van der Waals surface area contributed by atoms with Crippen LogP contribution in [0.15, 0.2) is 67.3 Å². The van der Waals surface area contributed by atoms with Gasteiger partial charge >= 0.3 is 6.03 Å². The summed E-state index contributed by atoms with van der Waals surface area (Å²) in [7, 11) is 1.87. The van der Waals surface area contributed by atoms with Crippen LogP contribution in [0.1, 0.15) is 49.7 Å². The van der Waals surface area contributed by atoms with Crippen LogP contribution in [0.4, 0.5) is 26.8 Å². The van der Waals surface area contributed by atoms with Crippen LogP contribution in [-0.2, 0) is 13.6 Å². The zero-order valence-corrected chi connectivity index (χ0v) is 26.4. The number of halogens is 1. The Hall–Kier alpha value is -5.09. The van der Waals surface area contributed by atoms with Crippen molar-refractivity contribution < 1.29 is 14.3 Å². The van der Waals surface area contributed by atoms with Crippen molar-refractivity contribution in [3.05, 3.63) is 78.4 Å². The summed E-state index contributed by atoms with van der Waals surface area (Å²) >= 11 is 0. The number of pyridine rings is 1. The third-order valence-electron chi connectivity index (χ3n) is 9.06. The molecule has 47 heavy (non-hydrogen) atoms. The molecule has 0 spiro atoms. The average molecular weight is 639 g/mol. The molecule has 1 aliphatic heterocycles. The number of piperidine rings is 1. The molecule has 0 atom stereocenters. The molecular formula is C34H39FN10O2. The molecule has 4 heterocycles. The van der Waals surface area contributed by atoms with Gasteiger partial charge in [-0.2, -0.15) is 15.3 Å². The number of aryl methyl sites for hydroxylation is 1. The van der Waals surface area contributed by atoms with Gasteiger partial charge in [0.25, 0.3) is 0 Å². The van der Waals surface area contributed by atoms with Gasteiger partial charge in [0.15, 0.2) is 5.82 Å². The summed E-state index contributed by atoms with van der Waals surface area (Å²) in [4.78, 5) is 31.1. The quantitative estimate of drug-likeness (QED) is 0.240. The number of nitrogens with zero attached hydrogens (tertiary/aromatic N) is 8. The SMILES string of the molecule is Cn1cc(-c2ccc(N(C(=O)NCc3ccccc3)C3CCC(Nc4ncc(C#N)c(N5CCC(F)(CO)CC5)n4)CC3)nc2)cn1. The van der Waals surface area contributed by atoms with Crippen LogP contribution in [0, 0.1) is 11.3 Å². The van der Waals surface area contributed by atoms with Crippen LogP contribution < -0.4 is 20.4 Å². The topological polar surface area (TPSA) is 148 Å². The smallest absolute Gasteiger partial charge is 0.323 e. The van der Waals surface area contributed by atoms with Gasteiger partial charge in [-0.15, -0.1) is 0 Å². The summed E-state index contributed by atoms with van der Waals surface area (Å²) in [5, 5.41) is 29.8. The lowest BCUT2D eigenvalue weighted by Gasteiger charge is -2.37. The maximum atomic E-state index is 14.6. The van der Waals surface area contributed by atoms with Gasteiger partial charge in [0.1, 0.15) is 23.1 Å². The van der Waals surface area contributed by atoms with E-state index in [1.807, 2.05) is 60.6 Å². The maximum Gasteiger partial charge on any atom is 0.323 e. The number of carbonyl (C=O) groups excluding carboxylic acids is 1. The van der Waals surface area contributed by atoms with E-state index in [2.05, 4.69) is 31.8 Å². The fourth-order valence-corrected chi connectivity index (χ4v) is 6.29. The third-order valence-corrected chi connectivity index (χ3v) is 9.06. The van der Waals surface area contributed by atoms with Crippen LogP contribution in [-0.4, -0.2) is 73.3 Å². The Kier molecular flexibility index (Phi) is 9.58.